The minimum Gasteiger partial charge on any atom is -0.364 e. The molecule has 174 valence electrons. The molecule has 7 nitrogen and oxygen atoms in total. The number of nitrogens with zero attached hydrogens (tertiary/aromatic N) is 4. The van der Waals surface area contributed by atoms with Gasteiger partial charge in [-0.2, -0.15) is 4.39 Å². The summed E-state index contributed by atoms with van der Waals surface area (Å²) in [6, 6.07) is 13.6. The smallest absolute Gasteiger partial charge is 0.223 e. The molecule has 2 saturated carbocycles. The average Bonchev–Trinajstić information content (AvgIpc) is 3.76. The molecule has 4 aromatic rings. The van der Waals surface area contributed by atoms with E-state index in [2.05, 4.69) is 37.7 Å². The van der Waals surface area contributed by atoms with E-state index in [0.717, 1.165) is 16.5 Å². The second-order valence-electron chi connectivity index (χ2n) is 8.55. The average molecular weight is 479 g/mol. The highest BCUT2D eigenvalue weighted by Gasteiger charge is 2.25. The largest absolute Gasteiger partial charge is 0.364 e. The standard InChI is InChI=1S/C16H15FN6O.C9H9Cl/c17-16-12(6-18-13-5-14(21-9-24)20-8-19-13)22-15-4-3-11(7-23(15)16)10-1-2-10;10-9-3-1-2-8(6-9)7-4-5-7/h3-5,7-10H,1-2,6H2,(H2,18,19,20,21,24);1-3,6-7H,4-5H2. The zero-order valence-corrected chi connectivity index (χ0v) is 19.2. The van der Waals surface area contributed by atoms with Crippen LogP contribution in [0.5, 0.6) is 0 Å². The first-order chi connectivity index (χ1) is 16.6. The molecule has 0 bridgehead atoms. The Labute approximate surface area is 201 Å². The van der Waals surface area contributed by atoms with Crippen molar-refractivity contribution in [2.45, 2.75) is 44.1 Å². The molecule has 1 aromatic carbocycles. The third kappa shape index (κ3) is 5.34. The van der Waals surface area contributed by atoms with E-state index in [0.29, 0.717) is 35.3 Å². The molecule has 0 aliphatic heterocycles. The van der Waals surface area contributed by atoms with Crippen molar-refractivity contribution in [3.8, 4) is 0 Å². The number of anilines is 2. The van der Waals surface area contributed by atoms with Crippen molar-refractivity contribution >= 4 is 35.3 Å². The van der Waals surface area contributed by atoms with Gasteiger partial charge in [0.25, 0.3) is 0 Å². The van der Waals surface area contributed by atoms with Crippen molar-refractivity contribution in [1.29, 1.82) is 0 Å². The van der Waals surface area contributed by atoms with E-state index >= 15 is 0 Å². The minimum atomic E-state index is -0.375. The summed E-state index contributed by atoms with van der Waals surface area (Å²) in [5.74, 6) is 1.85. The van der Waals surface area contributed by atoms with E-state index in [-0.39, 0.29) is 12.5 Å². The van der Waals surface area contributed by atoms with E-state index in [1.807, 2.05) is 30.5 Å². The maximum Gasteiger partial charge on any atom is 0.223 e. The van der Waals surface area contributed by atoms with Crippen molar-refractivity contribution < 1.29 is 9.18 Å². The lowest BCUT2D eigenvalue weighted by Crippen LogP contribution is -2.05. The summed E-state index contributed by atoms with van der Waals surface area (Å²) in [6.45, 7) is 0.184. The van der Waals surface area contributed by atoms with Crippen LogP contribution in [0.4, 0.5) is 16.0 Å². The lowest BCUT2D eigenvalue weighted by Gasteiger charge is -2.04. The number of hydrogen-bond acceptors (Lipinski definition) is 5. The van der Waals surface area contributed by atoms with E-state index in [9.17, 15) is 9.18 Å². The second-order valence-corrected chi connectivity index (χ2v) is 8.98. The molecule has 0 saturated heterocycles. The summed E-state index contributed by atoms with van der Waals surface area (Å²) >= 11 is 5.82. The fraction of sp³-hybridized carbons (Fsp3) is 0.280. The van der Waals surface area contributed by atoms with Gasteiger partial charge in [0, 0.05) is 17.3 Å². The SMILES string of the molecule is Clc1cccc(C2CC2)c1.O=CNc1cc(NCc2nc3ccc(C4CC4)cn3c2F)ncn1. The van der Waals surface area contributed by atoms with Crippen LogP contribution < -0.4 is 10.6 Å². The van der Waals surface area contributed by atoms with Gasteiger partial charge in [-0.1, -0.05) is 29.8 Å². The Balaban J connectivity index is 0.000000200. The number of pyridine rings is 1. The third-order valence-electron chi connectivity index (χ3n) is 5.91. The highest BCUT2D eigenvalue weighted by molar-refractivity contribution is 6.30. The number of carbonyl (C=O) groups excluding carboxylic acids is 1. The van der Waals surface area contributed by atoms with Gasteiger partial charge in [0.05, 0.1) is 6.54 Å². The molecular formula is C25H24ClFN6O. The molecule has 2 aliphatic rings. The Morgan fingerprint density at radius 1 is 1.03 bits per heavy atom. The van der Waals surface area contributed by atoms with E-state index in [4.69, 9.17) is 11.6 Å². The lowest BCUT2D eigenvalue weighted by atomic mass is 10.1. The Hall–Kier alpha value is -3.52. The first-order valence-corrected chi connectivity index (χ1v) is 11.7. The molecule has 6 rings (SSSR count). The molecule has 3 aromatic heterocycles. The summed E-state index contributed by atoms with van der Waals surface area (Å²) in [5, 5.41) is 6.29. The molecule has 0 atom stereocenters. The first-order valence-electron chi connectivity index (χ1n) is 11.3. The number of nitrogens with one attached hydrogen (secondary N) is 2. The zero-order valence-electron chi connectivity index (χ0n) is 18.4. The van der Waals surface area contributed by atoms with Gasteiger partial charge in [0.15, 0.2) is 0 Å². The molecule has 2 N–H and O–H groups in total. The molecule has 2 aliphatic carbocycles. The minimum absolute atomic E-state index is 0.184. The van der Waals surface area contributed by atoms with Crippen molar-refractivity contribution in [1.82, 2.24) is 19.4 Å². The number of hydrogen-bond donors (Lipinski definition) is 2. The van der Waals surface area contributed by atoms with Gasteiger partial charge < -0.3 is 10.6 Å². The van der Waals surface area contributed by atoms with Crippen LogP contribution in [0, 0.1) is 5.95 Å². The van der Waals surface area contributed by atoms with E-state index in [1.54, 1.807) is 6.07 Å². The normalized spacial score (nSPS) is 14.9. The highest BCUT2D eigenvalue weighted by Crippen LogP contribution is 2.41. The van der Waals surface area contributed by atoms with Crippen LogP contribution in [-0.4, -0.2) is 25.8 Å². The van der Waals surface area contributed by atoms with Crippen LogP contribution in [0.3, 0.4) is 0 Å². The maximum atomic E-state index is 14.6. The number of carbonyl (C=O) groups is 1. The number of fused-ring (bicyclic) bond motifs is 1. The summed E-state index contributed by atoms with van der Waals surface area (Å²) in [7, 11) is 0. The van der Waals surface area contributed by atoms with Crippen LogP contribution >= 0.6 is 11.6 Å². The number of amides is 1. The van der Waals surface area contributed by atoms with Gasteiger partial charge in [0.1, 0.15) is 29.3 Å². The predicted molar refractivity (Wildman–Crippen MR) is 130 cm³/mol. The van der Waals surface area contributed by atoms with Crippen LogP contribution in [0.15, 0.2) is 55.0 Å². The maximum absolute atomic E-state index is 14.6. The zero-order chi connectivity index (χ0) is 23.5. The van der Waals surface area contributed by atoms with Crippen LogP contribution in [-0.2, 0) is 11.3 Å². The van der Waals surface area contributed by atoms with Crippen molar-refractivity contribution in [3.63, 3.8) is 0 Å². The van der Waals surface area contributed by atoms with Crippen molar-refractivity contribution in [3.05, 3.63) is 82.8 Å². The number of halogens is 2. The van der Waals surface area contributed by atoms with Gasteiger partial charge in [-0.3, -0.25) is 9.20 Å². The van der Waals surface area contributed by atoms with Crippen LogP contribution in [0.2, 0.25) is 5.02 Å². The fourth-order valence-corrected chi connectivity index (χ4v) is 4.00. The number of aromatic nitrogens is 4. The topological polar surface area (TPSA) is 84.2 Å². The van der Waals surface area contributed by atoms with E-state index in [1.165, 1.54) is 42.0 Å². The molecule has 9 heteroatoms. The monoisotopic (exact) mass is 478 g/mol. The molecule has 0 spiro atoms. The van der Waals surface area contributed by atoms with Crippen molar-refractivity contribution in [2.75, 3.05) is 10.6 Å². The van der Waals surface area contributed by atoms with Crippen molar-refractivity contribution in [2.24, 2.45) is 0 Å². The van der Waals surface area contributed by atoms with Gasteiger partial charge in [-0.15, -0.1) is 0 Å². The predicted octanol–water partition coefficient (Wildman–Crippen LogP) is 5.54. The fourth-order valence-electron chi connectivity index (χ4n) is 3.80. The Kier molecular flexibility index (Phi) is 6.40. The highest BCUT2D eigenvalue weighted by atomic mass is 35.5. The van der Waals surface area contributed by atoms with Crippen LogP contribution in [0.1, 0.15) is 54.3 Å². The number of imidazole rings is 1. The second kappa shape index (κ2) is 9.77. The summed E-state index contributed by atoms with van der Waals surface area (Å²) in [6.07, 6.45) is 8.71. The molecule has 1 amide bonds. The van der Waals surface area contributed by atoms with E-state index < -0.39 is 0 Å². The molecule has 0 unspecified atom stereocenters. The molecule has 3 heterocycles. The van der Waals surface area contributed by atoms with Gasteiger partial charge in [-0.05, 0) is 66.8 Å². The lowest BCUT2D eigenvalue weighted by molar-refractivity contribution is -0.105. The van der Waals surface area contributed by atoms with Gasteiger partial charge in [-0.25, -0.2) is 15.0 Å². The molecule has 34 heavy (non-hydrogen) atoms. The van der Waals surface area contributed by atoms with Gasteiger partial charge >= 0.3 is 0 Å². The molecule has 0 radical (unpaired) electrons. The Morgan fingerprint density at radius 2 is 1.79 bits per heavy atom. The molecular weight excluding hydrogens is 455 g/mol. The summed E-state index contributed by atoms with van der Waals surface area (Å²) in [5.41, 5.74) is 3.46. The first kappa shape index (κ1) is 22.3. The summed E-state index contributed by atoms with van der Waals surface area (Å²) in [4.78, 5) is 22.7. The number of rotatable bonds is 7. The third-order valence-corrected chi connectivity index (χ3v) is 6.14. The van der Waals surface area contributed by atoms with Crippen LogP contribution in [0.25, 0.3) is 5.65 Å². The molecule has 2 fully saturated rings. The Bertz CT molecular complexity index is 1320. The Morgan fingerprint density at radius 3 is 2.53 bits per heavy atom. The quantitative estimate of drug-likeness (QED) is 0.341. The summed E-state index contributed by atoms with van der Waals surface area (Å²) < 4.78 is 16.1. The van der Waals surface area contributed by atoms with Gasteiger partial charge in [0.2, 0.25) is 12.4 Å². The number of benzene rings is 1.